The first-order chi connectivity index (χ1) is 10.1. The predicted octanol–water partition coefficient (Wildman–Crippen LogP) is 2.29. The van der Waals surface area contributed by atoms with Crippen LogP contribution in [-0.2, 0) is 15.1 Å². The Morgan fingerprint density at radius 3 is 2.14 bits per heavy atom. The summed E-state index contributed by atoms with van der Waals surface area (Å²) in [5.41, 5.74) is 3.80. The highest BCUT2D eigenvalue weighted by Gasteiger charge is 2.66. The van der Waals surface area contributed by atoms with Crippen LogP contribution in [0.1, 0.15) is 23.6 Å². The van der Waals surface area contributed by atoms with Gasteiger partial charge in [0.25, 0.3) is 5.60 Å². The number of aliphatic hydroxyl groups is 1. The van der Waals surface area contributed by atoms with Gasteiger partial charge in [-0.05, 0) is 20.8 Å². The number of hydrogen-bond acceptors (Lipinski definition) is 3. The zero-order valence-electron chi connectivity index (χ0n) is 12.2. The second-order valence-corrected chi connectivity index (χ2v) is 4.75. The van der Waals surface area contributed by atoms with Crippen LogP contribution in [0.4, 0.5) is 13.2 Å². The molecular weight excluding hydrogens is 301 g/mol. The number of hydrogen-bond donors (Lipinski definition) is 1. The lowest BCUT2D eigenvalue weighted by molar-refractivity contribution is -0.247. The summed E-state index contributed by atoms with van der Waals surface area (Å²) in [6.07, 6.45) is -5.29. The molecule has 0 saturated carbocycles. The highest BCUT2D eigenvalue weighted by Crippen LogP contribution is 2.40. The first-order valence-electron chi connectivity index (χ1n) is 6.35. The number of carbonyl (C=O) groups is 1. The van der Waals surface area contributed by atoms with E-state index in [0.717, 1.165) is 12.1 Å². The summed E-state index contributed by atoms with van der Waals surface area (Å²) in [5, 5.41) is 10.2. The molecule has 0 bridgehead atoms. The van der Waals surface area contributed by atoms with Crippen molar-refractivity contribution in [1.29, 1.82) is 0 Å². The minimum atomic E-state index is -5.29. The number of alkyl halides is 3. The summed E-state index contributed by atoms with van der Waals surface area (Å²) < 4.78 is 44.8. The van der Waals surface area contributed by atoms with Crippen LogP contribution in [0.5, 0.6) is 0 Å². The van der Waals surface area contributed by atoms with Gasteiger partial charge in [-0.2, -0.15) is 18.0 Å². The lowest BCUT2D eigenvalue weighted by Crippen LogP contribution is -2.53. The zero-order valence-corrected chi connectivity index (χ0v) is 12.2. The Bertz CT molecular complexity index is 616. The van der Waals surface area contributed by atoms with E-state index >= 15 is 0 Å². The van der Waals surface area contributed by atoms with E-state index in [1.807, 2.05) is 0 Å². The van der Waals surface area contributed by atoms with Gasteiger partial charge in [0, 0.05) is 5.56 Å². The maximum absolute atomic E-state index is 13.4. The van der Waals surface area contributed by atoms with Crippen LogP contribution in [0.2, 0.25) is 0 Å². The SMILES string of the molecule is CCOC(=O)C(=[N+]=[N-])C(O)(c1cc(C)cc(C)c1)C(F)(F)F. The van der Waals surface area contributed by atoms with Gasteiger partial charge in [0.05, 0.1) is 6.61 Å². The van der Waals surface area contributed by atoms with E-state index in [9.17, 15) is 23.1 Å². The van der Waals surface area contributed by atoms with Crippen molar-refractivity contribution in [2.75, 3.05) is 6.61 Å². The van der Waals surface area contributed by atoms with E-state index in [1.165, 1.54) is 20.8 Å². The van der Waals surface area contributed by atoms with Crippen molar-refractivity contribution in [3.05, 3.63) is 40.4 Å². The molecule has 1 unspecified atom stereocenters. The number of halogens is 3. The molecule has 22 heavy (non-hydrogen) atoms. The monoisotopic (exact) mass is 316 g/mol. The van der Waals surface area contributed by atoms with Crippen molar-refractivity contribution in [3.8, 4) is 0 Å². The fraction of sp³-hybridized carbons (Fsp3) is 0.429. The quantitative estimate of drug-likeness (QED) is 0.400. The van der Waals surface area contributed by atoms with Gasteiger partial charge >= 0.3 is 17.9 Å². The molecule has 0 amide bonds. The predicted molar refractivity (Wildman–Crippen MR) is 71.1 cm³/mol. The van der Waals surface area contributed by atoms with Gasteiger partial charge in [0.1, 0.15) is 0 Å². The van der Waals surface area contributed by atoms with Crippen LogP contribution in [-0.4, -0.2) is 34.4 Å². The normalized spacial score (nSPS) is 14.0. The van der Waals surface area contributed by atoms with Crippen LogP contribution in [0.15, 0.2) is 18.2 Å². The van der Waals surface area contributed by atoms with Crippen molar-refractivity contribution in [3.63, 3.8) is 0 Å². The molecule has 1 atom stereocenters. The molecule has 1 N–H and O–H groups in total. The van der Waals surface area contributed by atoms with Crippen LogP contribution in [0.25, 0.3) is 5.53 Å². The van der Waals surface area contributed by atoms with E-state index < -0.39 is 29.0 Å². The Morgan fingerprint density at radius 1 is 1.27 bits per heavy atom. The van der Waals surface area contributed by atoms with Gasteiger partial charge in [-0.25, -0.2) is 4.79 Å². The van der Waals surface area contributed by atoms with E-state index in [2.05, 4.69) is 9.53 Å². The van der Waals surface area contributed by atoms with Gasteiger partial charge < -0.3 is 15.4 Å². The third-order valence-corrected chi connectivity index (χ3v) is 2.96. The van der Waals surface area contributed by atoms with E-state index in [1.54, 1.807) is 6.07 Å². The Morgan fingerprint density at radius 2 is 1.77 bits per heavy atom. The second kappa shape index (κ2) is 6.29. The molecule has 0 saturated heterocycles. The van der Waals surface area contributed by atoms with Crippen molar-refractivity contribution in [1.82, 2.24) is 0 Å². The molecule has 0 aliphatic rings. The molecule has 1 rings (SSSR count). The number of ether oxygens (including phenoxy) is 1. The highest BCUT2D eigenvalue weighted by atomic mass is 19.4. The Balaban J connectivity index is 3.64. The maximum atomic E-state index is 13.4. The average Bonchev–Trinajstić information content (AvgIpc) is 2.37. The van der Waals surface area contributed by atoms with Crippen LogP contribution in [0, 0.1) is 13.8 Å². The molecule has 0 fully saturated rings. The van der Waals surface area contributed by atoms with E-state index in [-0.39, 0.29) is 6.61 Å². The molecule has 0 spiro atoms. The standard InChI is InChI=1S/C14H15F3N2O3/c1-4-22-12(20)11(19-18)13(21,14(15,16)17)10-6-8(2)5-9(3)7-10/h5-7,21H,4H2,1-3H3. The number of aryl methyl sites for hydroxylation is 2. The van der Waals surface area contributed by atoms with Gasteiger partial charge in [-0.3, -0.25) is 0 Å². The molecule has 0 aliphatic heterocycles. The zero-order chi connectivity index (χ0) is 17.1. The van der Waals surface area contributed by atoms with Crippen molar-refractivity contribution in [2.45, 2.75) is 32.5 Å². The van der Waals surface area contributed by atoms with Gasteiger partial charge in [-0.15, -0.1) is 0 Å². The maximum Gasteiger partial charge on any atom is 0.433 e. The van der Waals surface area contributed by atoms with Gasteiger partial charge in [-0.1, -0.05) is 29.3 Å². The Hall–Kier alpha value is -2.18. The minimum Gasteiger partial charge on any atom is -0.457 e. The average molecular weight is 316 g/mol. The third-order valence-electron chi connectivity index (χ3n) is 2.96. The Labute approximate surface area is 124 Å². The number of carbonyl (C=O) groups excluding carboxylic acids is 1. The first-order valence-corrected chi connectivity index (χ1v) is 6.35. The topological polar surface area (TPSA) is 82.9 Å². The fourth-order valence-corrected chi connectivity index (χ4v) is 2.08. The number of rotatable bonds is 4. The van der Waals surface area contributed by atoms with Crippen molar-refractivity contribution in [2.24, 2.45) is 0 Å². The molecule has 0 radical (unpaired) electrons. The summed E-state index contributed by atoms with van der Waals surface area (Å²) in [5.74, 6) is -1.55. The Kier molecular flexibility index (Phi) is 5.11. The van der Waals surface area contributed by atoms with Crippen molar-refractivity contribution < 1.29 is 32.6 Å². The molecule has 0 heterocycles. The summed E-state index contributed by atoms with van der Waals surface area (Å²) in [7, 11) is 0. The molecule has 1 aromatic rings. The van der Waals surface area contributed by atoms with E-state index in [0.29, 0.717) is 11.1 Å². The van der Waals surface area contributed by atoms with Crippen molar-refractivity contribution >= 4 is 11.7 Å². The third kappa shape index (κ3) is 3.18. The summed E-state index contributed by atoms with van der Waals surface area (Å²) in [6, 6.07) is 3.72. The lowest BCUT2D eigenvalue weighted by Gasteiger charge is -2.26. The molecule has 0 aliphatic carbocycles. The smallest absolute Gasteiger partial charge is 0.433 e. The number of nitrogens with zero attached hydrogens (tertiary/aromatic N) is 2. The second-order valence-electron chi connectivity index (χ2n) is 4.75. The molecule has 0 aromatic heterocycles. The molecule has 1 aromatic carbocycles. The van der Waals surface area contributed by atoms with Crippen LogP contribution in [0.3, 0.4) is 0 Å². The fourth-order valence-electron chi connectivity index (χ4n) is 2.08. The minimum absolute atomic E-state index is 0.237. The highest BCUT2D eigenvalue weighted by molar-refractivity contribution is 6.37. The molecule has 8 heteroatoms. The van der Waals surface area contributed by atoms with Gasteiger partial charge in [0.15, 0.2) is 0 Å². The first kappa shape index (κ1) is 17.9. The largest absolute Gasteiger partial charge is 0.457 e. The number of esters is 1. The summed E-state index contributed by atoms with van der Waals surface area (Å²) >= 11 is 0. The molecule has 5 nitrogen and oxygen atoms in total. The van der Waals surface area contributed by atoms with Gasteiger partial charge in [0.2, 0.25) is 0 Å². The molecule has 120 valence electrons. The lowest BCUT2D eigenvalue weighted by atomic mass is 9.86. The van der Waals surface area contributed by atoms with Crippen LogP contribution >= 0.6 is 0 Å². The summed E-state index contributed by atoms with van der Waals surface area (Å²) in [4.78, 5) is 14.0. The number of benzene rings is 1. The van der Waals surface area contributed by atoms with E-state index in [4.69, 9.17) is 5.53 Å². The summed E-state index contributed by atoms with van der Waals surface area (Å²) in [6.45, 7) is 4.20. The molecular formula is C14H15F3N2O3. The van der Waals surface area contributed by atoms with Crippen LogP contribution < -0.4 is 0 Å².